The van der Waals surface area contributed by atoms with E-state index in [1.54, 1.807) is 0 Å². The zero-order chi connectivity index (χ0) is 19.4. The van der Waals surface area contributed by atoms with Crippen LogP contribution in [0.4, 0.5) is 4.79 Å². The van der Waals surface area contributed by atoms with Gasteiger partial charge < -0.3 is 10.2 Å². The summed E-state index contributed by atoms with van der Waals surface area (Å²) in [6, 6.07) is 10.7. The van der Waals surface area contributed by atoms with E-state index in [-0.39, 0.29) is 17.7 Å². The lowest BCUT2D eigenvalue weighted by atomic mass is 9.83. The molecule has 2 saturated heterocycles. The van der Waals surface area contributed by atoms with Gasteiger partial charge in [0.15, 0.2) is 0 Å². The maximum Gasteiger partial charge on any atom is 0.441 e. The molecule has 3 aliphatic rings. The molecule has 1 spiro atoms. The Hall–Kier alpha value is -1.63. The zero-order valence-corrected chi connectivity index (χ0v) is 16.9. The first-order valence-corrected chi connectivity index (χ1v) is 10.8. The molecule has 1 N–H and O–H groups in total. The number of rotatable bonds is 3. The third kappa shape index (κ3) is 4.34. The summed E-state index contributed by atoms with van der Waals surface area (Å²) in [5, 5.41) is 3.40. The van der Waals surface area contributed by atoms with Crippen LogP contribution >= 0.6 is 0 Å². The van der Waals surface area contributed by atoms with Gasteiger partial charge in [-0.3, -0.25) is 9.79 Å². The molecule has 6 nitrogen and oxygen atoms in total. The molecule has 0 radical (unpaired) electrons. The van der Waals surface area contributed by atoms with E-state index in [9.17, 15) is 4.79 Å². The molecule has 2 aliphatic heterocycles. The SMILES string of the molecule is CN1CNCCC12CCCN(C(=O)OO[C@H]1CC[C@@H](c3ccccc3)CC1)C2. The predicted molar refractivity (Wildman–Crippen MR) is 108 cm³/mol. The second kappa shape index (κ2) is 8.80. The van der Waals surface area contributed by atoms with Gasteiger partial charge in [0, 0.05) is 25.3 Å². The summed E-state index contributed by atoms with van der Waals surface area (Å²) in [6.45, 7) is 3.37. The molecule has 4 rings (SSSR count). The summed E-state index contributed by atoms with van der Waals surface area (Å²) in [5.74, 6) is 0.592. The van der Waals surface area contributed by atoms with Gasteiger partial charge in [0.1, 0.15) is 6.10 Å². The lowest BCUT2D eigenvalue weighted by molar-refractivity contribution is -0.285. The van der Waals surface area contributed by atoms with Gasteiger partial charge in [-0.15, -0.1) is 0 Å². The van der Waals surface area contributed by atoms with E-state index >= 15 is 0 Å². The highest BCUT2D eigenvalue weighted by atomic mass is 17.2. The van der Waals surface area contributed by atoms with Crippen molar-refractivity contribution in [1.82, 2.24) is 15.1 Å². The molecule has 0 bridgehead atoms. The Balaban J connectivity index is 1.23. The smallest absolute Gasteiger partial charge is 0.304 e. The fraction of sp³-hybridized carbons (Fsp3) is 0.682. The van der Waals surface area contributed by atoms with Crippen LogP contribution in [-0.4, -0.2) is 60.9 Å². The number of piperidine rings is 1. The van der Waals surface area contributed by atoms with Crippen molar-refractivity contribution in [1.29, 1.82) is 0 Å². The molecule has 1 saturated carbocycles. The van der Waals surface area contributed by atoms with Crippen molar-refractivity contribution in [2.45, 2.75) is 62.5 Å². The number of likely N-dealkylation sites (tertiary alicyclic amines) is 1. The number of amides is 1. The minimum Gasteiger partial charge on any atom is -0.304 e. The molecule has 1 amide bonds. The molecular formula is C22H33N3O3. The van der Waals surface area contributed by atoms with Gasteiger partial charge in [0.25, 0.3) is 0 Å². The van der Waals surface area contributed by atoms with Crippen molar-refractivity contribution in [2.75, 3.05) is 33.4 Å². The first kappa shape index (κ1) is 19.7. The van der Waals surface area contributed by atoms with Crippen molar-refractivity contribution in [3.05, 3.63) is 35.9 Å². The first-order chi connectivity index (χ1) is 13.7. The monoisotopic (exact) mass is 387 g/mol. The molecule has 1 atom stereocenters. The van der Waals surface area contributed by atoms with E-state index in [0.717, 1.165) is 71.2 Å². The number of nitrogens with zero attached hydrogens (tertiary/aromatic N) is 2. The van der Waals surface area contributed by atoms with Crippen LogP contribution in [0.3, 0.4) is 0 Å². The second-order valence-corrected chi connectivity index (χ2v) is 8.69. The Morgan fingerprint density at radius 1 is 1.14 bits per heavy atom. The lowest BCUT2D eigenvalue weighted by Crippen LogP contribution is -2.63. The fourth-order valence-electron chi connectivity index (χ4n) is 5.09. The molecule has 28 heavy (non-hydrogen) atoms. The molecular weight excluding hydrogens is 354 g/mol. The average Bonchev–Trinajstić information content (AvgIpc) is 2.75. The summed E-state index contributed by atoms with van der Waals surface area (Å²) < 4.78 is 0. The number of hydrogen-bond donors (Lipinski definition) is 1. The highest BCUT2D eigenvalue weighted by molar-refractivity contribution is 5.67. The van der Waals surface area contributed by atoms with Crippen molar-refractivity contribution < 1.29 is 14.6 Å². The van der Waals surface area contributed by atoms with Crippen LogP contribution in [0.15, 0.2) is 30.3 Å². The maximum atomic E-state index is 12.6. The number of hydrogen-bond acceptors (Lipinski definition) is 5. The van der Waals surface area contributed by atoms with E-state index in [1.165, 1.54) is 5.56 Å². The number of likely N-dealkylation sites (N-methyl/N-ethyl adjacent to an activating group) is 1. The third-order valence-corrected chi connectivity index (χ3v) is 6.94. The van der Waals surface area contributed by atoms with Gasteiger partial charge in [-0.25, -0.2) is 4.79 Å². The third-order valence-electron chi connectivity index (χ3n) is 6.94. The molecule has 1 unspecified atom stereocenters. The zero-order valence-electron chi connectivity index (χ0n) is 16.9. The van der Waals surface area contributed by atoms with Crippen LogP contribution in [0.2, 0.25) is 0 Å². The van der Waals surface area contributed by atoms with E-state index < -0.39 is 0 Å². The van der Waals surface area contributed by atoms with Gasteiger partial charge >= 0.3 is 6.09 Å². The van der Waals surface area contributed by atoms with E-state index in [4.69, 9.17) is 9.78 Å². The van der Waals surface area contributed by atoms with Gasteiger partial charge in [-0.1, -0.05) is 30.3 Å². The molecule has 154 valence electrons. The summed E-state index contributed by atoms with van der Waals surface area (Å²) in [4.78, 5) is 27.6. The number of carbonyl (C=O) groups is 1. The molecule has 3 fully saturated rings. The Morgan fingerprint density at radius 2 is 1.93 bits per heavy atom. The topological polar surface area (TPSA) is 54.0 Å². The number of carbonyl (C=O) groups excluding carboxylic acids is 1. The van der Waals surface area contributed by atoms with Crippen molar-refractivity contribution in [3.63, 3.8) is 0 Å². The van der Waals surface area contributed by atoms with Crippen LogP contribution in [0.5, 0.6) is 0 Å². The Labute approximate surface area is 168 Å². The Bertz CT molecular complexity index is 644. The van der Waals surface area contributed by atoms with Crippen molar-refractivity contribution in [2.24, 2.45) is 0 Å². The van der Waals surface area contributed by atoms with Gasteiger partial charge in [-0.05, 0) is 70.0 Å². The summed E-state index contributed by atoms with van der Waals surface area (Å²) in [6.07, 6.45) is 6.95. The van der Waals surface area contributed by atoms with E-state index in [2.05, 4.69) is 47.6 Å². The summed E-state index contributed by atoms with van der Waals surface area (Å²) in [5.41, 5.74) is 1.48. The lowest BCUT2D eigenvalue weighted by Gasteiger charge is -2.50. The molecule has 6 heteroatoms. The van der Waals surface area contributed by atoms with Gasteiger partial charge in [0.2, 0.25) is 0 Å². The Kier molecular flexibility index (Phi) is 6.19. The van der Waals surface area contributed by atoms with Gasteiger partial charge in [0.05, 0.1) is 0 Å². The Morgan fingerprint density at radius 3 is 2.68 bits per heavy atom. The normalized spacial score (nSPS) is 31.7. The van der Waals surface area contributed by atoms with Crippen LogP contribution in [0.1, 0.15) is 56.4 Å². The summed E-state index contributed by atoms with van der Waals surface area (Å²) >= 11 is 0. The van der Waals surface area contributed by atoms with Crippen LogP contribution in [0, 0.1) is 0 Å². The standard InChI is InChI=1S/C22H33N3O3/c1-24-17-23-14-13-22(24)12-5-15-25(16-22)21(26)28-27-20-10-8-19(9-11-20)18-6-3-2-4-7-18/h2-4,6-7,19-20,23H,5,8-17H2,1H3/t19-,20+,22?. The quantitative estimate of drug-likeness (QED) is 0.635. The number of nitrogens with one attached hydrogen (secondary N) is 1. The molecule has 2 heterocycles. The predicted octanol–water partition coefficient (Wildman–Crippen LogP) is 3.50. The molecule has 1 aromatic rings. The highest BCUT2D eigenvalue weighted by Crippen LogP contribution is 2.34. The van der Waals surface area contributed by atoms with E-state index in [1.807, 2.05) is 4.90 Å². The molecule has 1 aromatic carbocycles. The first-order valence-electron chi connectivity index (χ1n) is 10.8. The van der Waals surface area contributed by atoms with Crippen molar-refractivity contribution >= 4 is 6.09 Å². The average molecular weight is 388 g/mol. The van der Waals surface area contributed by atoms with Crippen LogP contribution < -0.4 is 5.32 Å². The second-order valence-electron chi connectivity index (χ2n) is 8.69. The van der Waals surface area contributed by atoms with E-state index in [0.29, 0.717) is 5.92 Å². The largest absolute Gasteiger partial charge is 0.441 e. The minimum absolute atomic E-state index is 0.0178. The maximum absolute atomic E-state index is 12.6. The molecule has 1 aliphatic carbocycles. The van der Waals surface area contributed by atoms with Crippen molar-refractivity contribution in [3.8, 4) is 0 Å². The highest BCUT2D eigenvalue weighted by Gasteiger charge is 2.42. The fourth-order valence-corrected chi connectivity index (χ4v) is 5.09. The van der Waals surface area contributed by atoms with Crippen LogP contribution in [-0.2, 0) is 9.78 Å². The molecule has 0 aromatic heterocycles. The number of benzene rings is 1. The summed E-state index contributed by atoms with van der Waals surface area (Å²) in [7, 11) is 2.14. The minimum atomic E-state index is -0.323. The van der Waals surface area contributed by atoms with Crippen LogP contribution in [0.25, 0.3) is 0 Å². The van der Waals surface area contributed by atoms with Gasteiger partial charge in [-0.2, -0.15) is 4.89 Å².